The molecule has 10 heteroatoms. The van der Waals surface area contributed by atoms with Gasteiger partial charge >= 0.3 is 11.7 Å². The number of hydrogen-bond donors (Lipinski definition) is 1. The first kappa shape index (κ1) is 20.1. The van der Waals surface area contributed by atoms with Crippen LogP contribution in [-0.2, 0) is 9.53 Å². The van der Waals surface area contributed by atoms with Crippen molar-refractivity contribution in [3.8, 4) is 0 Å². The van der Waals surface area contributed by atoms with E-state index in [-0.39, 0.29) is 0 Å². The van der Waals surface area contributed by atoms with E-state index in [0.717, 1.165) is 20.2 Å². The van der Waals surface area contributed by atoms with Gasteiger partial charge in [0.25, 0.3) is 0 Å². The summed E-state index contributed by atoms with van der Waals surface area (Å²) in [6.45, 7) is 2.92. The van der Waals surface area contributed by atoms with Crippen molar-refractivity contribution in [2.45, 2.75) is 20.3 Å². The Labute approximate surface area is 140 Å². The van der Waals surface area contributed by atoms with Gasteiger partial charge in [0.2, 0.25) is 11.6 Å². The number of Topliss-reactive ketones (excluding diaryl/α,β-unsaturated/α-hetero) is 1. The molecule has 0 aliphatic heterocycles. The van der Waals surface area contributed by atoms with Gasteiger partial charge < -0.3 is 10.1 Å². The minimum Gasteiger partial charge on any atom is -0.465 e. The molecule has 25 heavy (non-hydrogen) atoms. The van der Waals surface area contributed by atoms with Crippen molar-refractivity contribution in [2.75, 3.05) is 13.7 Å². The van der Waals surface area contributed by atoms with Gasteiger partial charge in [0.15, 0.2) is 5.82 Å². The Kier molecular flexibility index (Phi) is 6.66. The zero-order valence-corrected chi connectivity index (χ0v) is 13.6. The second-order valence-corrected chi connectivity index (χ2v) is 4.88. The Bertz CT molecular complexity index is 762. The van der Waals surface area contributed by atoms with E-state index in [4.69, 9.17) is 0 Å². The first-order valence-corrected chi connectivity index (χ1v) is 7.06. The molecule has 0 aliphatic rings. The number of esters is 1. The summed E-state index contributed by atoms with van der Waals surface area (Å²) in [5.74, 6) is -8.11. The first-order chi connectivity index (χ1) is 11.7. The average Bonchev–Trinajstić information content (AvgIpc) is 2.58. The third-order valence-corrected chi connectivity index (χ3v) is 3.22. The lowest BCUT2D eigenvalue weighted by Gasteiger charge is -2.10. The molecule has 0 aliphatic carbocycles. The fraction of sp³-hybridized carbons (Fsp3) is 0.333. The second kappa shape index (κ2) is 8.27. The normalized spacial score (nSPS) is 11.2. The van der Waals surface area contributed by atoms with Crippen LogP contribution in [-0.4, -0.2) is 30.3 Å². The molecule has 0 bridgehead atoms. The van der Waals surface area contributed by atoms with Crippen molar-refractivity contribution < 1.29 is 32.4 Å². The minimum atomic E-state index is -1.99. The maximum absolute atomic E-state index is 14.3. The highest BCUT2D eigenvalue weighted by Gasteiger charge is 2.37. The molecule has 7 nitrogen and oxygen atoms in total. The van der Waals surface area contributed by atoms with Crippen LogP contribution >= 0.6 is 0 Å². The van der Waals surface area contributed by atoms with Crippen LogP contribution in [0.2, 0.25) is 0 Å². The number of rotatable bonds is 7. The van der Waals surface area contributed by atoms with Crippen LogP contribution in [0.15, 0.2) is 11.8 Å². The predicted molar refractivity (Wildman–Crippen MR) is 80.4 cm³/mol. The lowest BCUT2D eigenvalue weighted by atomic mass is 9.98. The van der Waals surface area contributed by atoms with E-state index in [1.165, 1.54) is 0 Å². The van der Waals surface area contributed by atoms with Gasteiger partial charge in [-0.05, 0) is 13.3 Å². The van der Waals surface area contributed by atoms with Crippen molar-refractivity contribution in [3.05, 3.63) is 50.5 Å². The number of carbonyl (C=O) groups excluding carboxylic acids is 2. The van der Waals surface area contributed by atoms with E-state index in [0.29, 0.717) is 13.0 Å². The van der Waals surface area contributed by atoms with Crippen molar-refractivity contribution in [2.24, 2.45) is 0 Å². The third-order valence-electron chi connectivity index (χ3n) is 3.22. The number of ketones is 1. The number of hydrogen-bond acceptors (Lipinski definition) is 6. The van der Waals surface area contributed by atoms with Crippen LogP contribution in [0.25, 0.3) is 0 Å². The lowest BCUT2D eigenvalue weighted by Crippen LogP contribution is -2.22. The number of nitrogens with one attached hydrogen (secondary N) is 1. The molecule has 136 valence electrons. The molecule has 1 N–H and O–H groups in total. The maximum atomic E-state index is 14.3. The van der Waals surface area contributed by atoms with E-state index in [1.54, 1.807) is 6.92 Å². The Morgan fingerprint density at radius 2 is 1.84 bits per heavy atom. The van der Waals surface area contributed by atoms with E-state index in [2.05, 4.69) is 10.1 Å². The summed E-state index contributed by atoms with van der Waals surface area (Å²) < 4.78 is 46.1. The number of methoxy groups -OCH3 is 1. The molecule has 0 heterocycles. The molecule has 1 rings (SSSR count). The zero-order valence-electron chi connectivity index (χ0n) is 13.6. The van der Waals surface area contributed by atoms with Crippen LogP contribution in [0.5, 0.6) is 0 Å². The third kappa shape index (κ3) is 3.95. The SMILES string of the molecule is CCCNC=C(C(=O)OC)C(=O)c1c(F)c(C)c(F)c(F)c1[N+](=O)[O-]. The predicted octanol–water partition coefficient (Wildman–Crippen LogP) is 2.56. The molecule has 0 amide bonds. The maximum Gasteiger partial charge on any atom is 0.343 e. The topological polar surface area (TPSA) is 98.5 Å². The molecule has 0 fully saturated rings. The van der Waals surface area contributed by atoms with Crippen LogP contribution < -0.4 is 5.32 Å². The quantitative estimate of drug-likeness (QED) is 0.0923. The van der Waals surface area contributed by atoms with Gasteiger partial charge in [0.1, 0.15) is 17.0 Å². The van der Waals surface area contributed by atoms with Gasteiger partial charge in [-0.1, -0.05) is 6.92 Å². The molecular formula is C15H15F3N2O5. The number of benzene rings is 1. The Morgan fingerprint density at radius 1 is 1.24 bits per heavy atom. The zero-order chi connectivity index (χ0) is 19.3. The van der Waals surface area contributed by atoms with Gasteiger partial charge in [-0.25, -0.2) is 13.6 Å². The number of halogens is 3. The Balaban J connectivity index is 3.66. The average molecular weight is 360 g/mol. The number of nitro benzene ring substituents is 1. The molecule has 0 spiro atoms. The van der Waals surface area contributed by atoms with Crippen molar-refractivity contribution in [1.29, 1.82) is 0 Å². The molecule has 0 unspecified atom stereocenters. The van der Waals surface area contributed by atoms with Crippen molar-refractivity contribution >= 4 is 17.4 Å². The van der Waals surface area contributed by atoms with E-state index in [1.807, 2.05) is 0 Å². The first-order valence-electron chi connectivity index (χ1n) is 7.06. The molecule has 0 radical (unpaired) electrons. The molecule has 0 saturated heterocycles. The molecule has 1 aromatic carbocycles. The van der Waals surface area contributed by atoms with Crippen LogP contribution in [0.4, 0.5) is 18.9 Å². The lowest BCUT2D eigenvalue weighted by molar-refractivity contribution is -0.388. The summed E-state index contributed by atoms with van der Waals surface area (Å²) in [7, 11) is 0.935. The van der Waals surface area contributed by atoms with Crippen LogP contribution in [0.1, 0.15) is 29.3 Å². The highest BCUT2D eigenvalue weighted by Crippen LogP contribution is 2.32. The summed E-state index contributed by atoms with van der Waals surface area (Å²) in [5, 5.41) is 13.6. The highest BCUT2D eigenvalue weighted by molar-refractivity contribution is 6.25. The fourth-order valence-electron chi connectivity index (χ4n) is 1.93. The van der Waals surface area contributed by atoms with E-state index < -0.39 is 56.5 Å². The molecule has 0 saturated carbocycles. The summed E-state index contributed by atoms with van der Waals surface area (Å²) in [6.07, 6.45) is 1.50. The number of nitrogens with zero attached hydrogens (tertiary/aromatic N) is 1. The van der Waals surface area contributed by atoms with Gasteiger partial charge in [-0.2, -0.15) is 4.39 Å². The smallest absolute Gasteiger partial charge is 0.343 e. The molecular weight excluding hydrogens is 345 g/mol. The molecule has 0 aromatic heterocycles. The van der Waals surface area contributed by atoms with E-state index in [9.17, 15) is 32.9 Å². The van der Waals surface area contributed by atoms with Gasteiger partial charge in [0.05, 0.1) is 12.0 Å². The van der Waals surface area contributed by atoms with Gasteiger partial charge in [-0.3, -0.25) is 14.9 Å². The summed E-state index contributed by atoms with van der Waals surface area (Å²) >= 11 is 0. The Hall–Kier alpha value is -2.91. The summed E-state index contributed by atoms with van der Waals surface area (Å²) in [5.41, 5.74) is -4.74. The van der Waals surface area contributed by atoms with Crippen LogP contribution in [0, 0.1) is 34.5 Å². The molecule has 1 aromatic rings. The number of ether oxygens (including phenoxy) is 1. The fourth-order valence-corrected chi connectivity index (χ4v) is 1.93. The van der Waals surface area contributed by atoms with Gasteiger partial charge in [0, 0.05) is 18.3 Å². The highest BCUT2D eigenvalue weighted by atomic mass is 19.2. The summed E-state index contributed by atoms with van der Waals surface area (Å²) in [4.78, 5) is 33.8. The Morgan fingerprint density at radius 3 is 2.32 bits per heavy atom. The monoisotopic (exact) mass is 360 g/mol. The van der Waals surface area contributed by atoms with Crippen molar-refractivity contribution in [1.82, 2.24) is 5.32 Å². The number of nitro groups is 1. The second-order valence-electron chi connectivity index (χ2n) is 4.88. The molecule has 0 atom stereocenters. The van der Waals surface area contributed by atoms with Crippen molar-refractivity contribution in [3.63, 3.8) is 0 Å². The van der Waals surface area contributed by atoms with E-state index >= 15 is 0 Å². The number of carbonyl (C=O) groups is 2. The summed E-state index contributed by atoms with van der Waals surface area (Å²) in [6, 6.07) is 0. The van der Waals surface area contributed by atoms with Crippen LogP contribution in [0.3, 0.4) is 0 Å². The standard InChI is InChI=1S/C15H15F3N2O5/c1-4-5-19-6-8(15(22)25-3)14(21)9-10(16)7(2)11(17)12(18)13(9)20(23)24/h6,19H,4-5H2,1-3H3. The van der Waals surface area contributed by atoms with Gasteiger partial charge in [-0.15, -0.1) is 0 Å². The largest absolute Gasteiger partial charge is 0.465 e. The minimum absolute atomic E-state index is 0.329.